The fraction of sp³-hybridized carbons (Fsp3) is 0.278. The van der Waals surface area contributed by atoms with E-state index in [1.807, 2.05) is 0 Å². The summed E-state index contributed by atoms with van der Waals surface area (Å²) in [6, 6.07) is 4.08. The lowest BCUT2D eigenvalue weighted by Gasteiger charge is -2.26. The van der Waals surface area contributed by atoms with Gasteiger partial charge in [-0.15, -0.1) is 0 Å². The maximum absolute atomic E-state index is 13.6. The van der Waals surface area contributed by atoms with Crippen LogP contribution in [0.15, 0.2) is 24.3 Å². The average Bonchev–Trinajstić information content (AvgIpc) is 2.90. The fourth-order valence-corrected chi connectivity index (χ4v) is 3.68. The first-order chi connectivity index (χ1) is 11.3. The van der Waals surface area contributed by atoms with Crippen LogP contribution in [0.4, 0.5) is 13.2 Å². The number of benzene rings is 2. The van der Waals surface area contributed by atoms with Gasteiger partial charge >= 0.3 is 6.18 Å². The molecule has 0 heterocycles. The molecule has 2 aromatic rings. The van der Waals surface area contributed by atoms with Crippen molar-refractivity contribution in [3.05, 3.63) is 52.1 Å². The third-order valence-corrected chi connectivity index (χ3v) is 4.79. The van der Waals surface area contributed by atoms with E-state index in [1.54, 1.807) is 12.1 Å². The zero-order valence-electron chi connectivity index (χ0n) is 12.4. The van der Waals surface area contributed by atoms with Crippen LogP contribution in [0.2, 0.25) is 0 Å². The van der Waals surface area contributed by atoms with Crippen molar-refractivity contribution in [2.45, 2.75) is 31.2 Å². The van der Waals surface area contributed by atoms with Gasteiger partial charge in [-0.2, -0.15) is 13.2 Å². The number of aliphatic hydroxyl groups excluding tert-OH is 2. The number of ketones is 1. The molecular weight excluding hydrogens is 321 g/mol. The highest BCUT2D eigenvalue weighted by atomic mass is 19.4. The molecule has 0 amide bonds. The van der Waals surface area contributed by atoms with Crippen molar-refractivity contribution in [3.63, 3.8) is 0 Å². The standard InChI is InChI=1S/C18H13F3O3/c19-18(20,21)12-7-11-9(4-6-13(11)22)10-3-1-8-2-5-14(23)17(24)15(8)16(10)12/h1-3,5,7,14,17,23-24H,4,6H2/t14-,17+/m0/s1. The average molecular weight is 334 g/mol. The van der Waals surface area contributed by atoms with Gasteiger partial charge in [0.1, 0.15) is 12.2 Å². The summed E-state index contributed by atoms with van der Waals surface area (Å²) >= 11 is 0. The Bertz CT molecular complexity index is 912. The summed E-state index contributed by atoms with van der Waals surface area (Å²) in [5.41, 5.74) is 0.259. The molecule has 0 saturated heterocycles. The zero-order chi connectivity index (χ0) is 17.2. The van der Waals surface area contributed by atoms with Crippen LogP contribution in [0, 0.1) is 0 Å². The largest absolute Gasteiger partial charge is 0.417 e. The zero-order valence-corrected chi connectivity index (χ0v) is 12.4. The number of fused-ring (bicyclic) bond motifs is 5. The lowest BCUT2D eigenvalue weighted by Crippen LogP contribution is -2.21. The first kappa shape index (κ1) is 15.4. The maximum Gasteiger partial charge on any atom is 0.417 e. The van der Waals surface area contributed by atoms with Gasteiger partial charge in [0.15, 0.2) is 5.78 Å². The molecule has 0 radical (unpaired) electrons. The monoisotopic (exact) mass is 334 g/mol. The topological polar surface area (TPSA) is 57.5 Å². The summed E-state index contributed by atoms with van der Waals surface area (Å²) in [4.78, 5) is 11.9. The third kappa shape index (κ3) is 2.03. The number of halogens is 3. The van der Waals surface area contributed by atoms with Crippen LogP contribution in [0.3, 0.4) is 0 Å². The maximum atomic E-state index is 13.6. The second-order valence-corrected chi connectivity index (χ2v) is 6.16. The normalized spacial score (nSPS) is 22.8. The van der Waals surface area contributed by atoms with Crippen molar-refractivity contribution < 1.29 is 28.2 Å². The molecule has 0 saturated carbocycles. The molecule has 0 fully saturated rings. The van der Waals surface area contributed by atoms with E-state index in [0.29, 0.717) is 22.9 Å². The van der Waals surface area contributed by atoms with Crippen LogP contribution in [-0.2, 0) is 12.6 Å². The minimum absolute atomic E-state index is 0.0666. The molecule has 2 aliphatic carbocycles. The van der Waals surface area contributed by atoms with Crippen LogP contribution in [0.1, 0.15) is 45.1 Å². The molecule has 3 nitrogen and oxygen atoms in total. The Hall–Kier alpha value is -2.18. The van der Waals surface area contributed by atoms with Crippen molar-refractivity contribution in [3.8, 4) is 0 Å². The Morgan fingerprint density at radius 2 is 1.88 bits per heavy atom. The Kier molecular flexibility index (Phi) is 3.14. The number of hydrogen-bond donors (Lipinski definition) is 2. The van der Waals surface area contributed by atoms with Gasteiger partial charge in [-0.05, 0) is 34.6 Å². The lowest BCUT2D eigenvalue weighted by atomic mass is 9.84. The van der Waals surface area contributed by atoms with E-state index in [9.17, 15) is 28.2 Å². The molecule has 6 heteroatoms. The molecule has 0 unspecified atom stereocenters. The van der Waals surface area contributed by atoms with Crippen molar-refractivity contribution in [1.29, 1.82) is 0 Å². The summed E-state index contributed by atoms with van der Waals surface area (Å²) in [6.45, 7) is 0. The van der Waals surface area contributed by atoms with Gasteiger partial charge in [-0.3, -0.25) is 4.79 Å². The van der Waals surface area contributed by atoms with Crippen molar-refractivity contribution in [2.24, 2.45) is 0 Å². The Morgan fingerprint density at radius 1 is 1.12 bits per heavy atom. The number of carbonyl (C=O) groups excluding carboxylic acids is 1. The number of alkyl halides is 3. The number of hydrogen-bond acceptors (Lipinski definition) is 3. The number of carbonyl (C=O) groups is 1. The highest BCUT2D eigenvalue weighted by molar-refractivity contribution is 6.08. The van der Waals surface area contributed by atoms with E-state index < -0.39 is 23.9 Å². The van der Waals surface area contributed by atoms with Crippen molar-refractivity contribution in [1.82, 2.24) is 0 Å². The van der Waals surface area contributed by atoms with Gasteiger partial charge in [0.25, 0.3) is 0 Å². The van der Waals surface area contributed by atoms with Crippen LogP contribution >= 0.6 is 0 Å². The number of Topliss-reactive ketones (excluding diaryl/α,β-unsaturated/α-hetero) is 1. The first-order valence-electron chi connectivity index (χ1n) is 7.56. The molecule has 2 aliphatic rings. The predicted octanol–water partition coefficient (Wildman–Crippen LogP) is 3.41. The van der Waals surface area contributed by atoms with Crippen LogP contribution in [0.5, 0.6) is 0 Å². The van der Waals surface area contributed by atoms with E-state index in [-0.39, 0.29) is 28.7 Å². The van der Waals surface area contributed by atoms with Gasteiger partial charge in [0.2, 0.25) is 0 Å². The number of aliphatic hydroxyl groups is 2. The van der Waals surface area contributed by atoms with Crippen LogP contribution < -0.4 is 0 Å². The van der Waals surface area contributed by atoms with Gasteiger partial charge in [-0.1, -0.05) is 24.3 Å². The van der Waals surface area contributed by atoms with E-state index >= 15 is 0 Å². The summed E-state index contributed by atoms with van der Waals surface area (Å²) in [5.74, 6) is -0.296. The summed E-state index contributed by atoms with van der Waals surface area (Å²) in [5, 5.41) is 20.3. The Balaban J connectivity index is 2.18. The SMILES string of the molecule is O=C1CCc2c1cc(C(F)(F)F)c1c3c(ccc21)C=C[C@H](O)[C@H]3O. The molecule has 2 aromatic carbocycles. The second-order valence-electron chi connectivity index (χ2n) is 6.16. The van der Waals surface area contributed by atoms with Crippen LogP contribution in [0.25, 0.3) is 16.8 Å². The summed E-state index contributed by atoms with van der Waals surface area (Å²) < 4.78 is 40.9. The molecular formula is C18H13F3O3. The van der Waals surface area contributed by atoms with Crippen molar-refractivity contribution >= 4 is 22.6 Å². The van der Waals surface area contributed by atoms with E-state index in [2.05, 4.69) is 0 Å². The van der Waals surface area contributed by atoms with Crippen LogP contribution in [-0.4, -0.2) is 22.1 Å². The molecule has 124 valence electrons. The Morgan fingerprint density at radius 3 is 2.58 bits per heavy atom. The number of rotatable bonds is 0. The van der Waals surface area contributed by atoms with Gasteiger partial charge in [0.05, 0.1) is 5.56 Å². The molecule has 0 aromatic heterocycles. The first-order valence-corrected chi connectivity index (χ1v) is 7.56. The summed E-state index contributed by atoms with van der Waals surface area (Å²) in [7, 11) is 0. The molecule has 4 rings (SSSR count). The highest BCUT2D eigenvalue weighted by Gasteiger charge is 2.38. The molecule has 0 bridgehead atoms. The highest BCUT2D eigenvalue weighted by Crippen LogP contribution is 2.45. The van der Waals surface area contributed by atoms with Gasteiger partial charge < -0.3 is 10.2 Å². The Labute approximate surface area is 135 Å². The minimum Gasteiger partial charge on any atom is -0.386 e. The van der Waals surface area contributed by atoms with E-state index in [4.69, 9.17) is 0 Å². The minimum atomic E-state index is -4.67. The molecule has 2 atom stereocenters. The van der Waals surface area contributed by atoms with E-state index in [0.717, 1.165) is 6.07 Å². The molecule has 2 N–H and O–H groups in total. The number of aryl methyl sites for hydroxylation is 1. The predicted molar refractivity (Wildman–Crippen MR) is 81.6 cm³/mol. The smallest absolute Gasteiger partial charge is 0.386 e. The van der Waals surface area contributed by atoms with Gasteiger partial charge in [0, 0.05) is 17.4 Å². The van der Waals surface area contributed by atoms with Crippen molar-refractivity contribution in [2.75, 3.05) is 0 Å². The van der Waals surface area contributed by atoms with E-state index in [1.165, 1.54) is 12.2 Å². The third-order valence-electron chi connectivity index (χ3n) is 4.79. The quantitative estimate of drug-likeness (QED) is 0.776. The summed E-state index contributed by atoms with van der Waals surface area (Å²) in [6.07, 6.45) is -3.95. The molecule has 24 heavy (non-hydrogen) atoms. The van der Waals surface area contributed by atoms with Gasteiger partial charge in [-0.25, -0.2) is 0 Å². The molecule has 0 aliphatic heterocycles. The second kappa shape index (κ2) is 4.91. The molecule has 0 spiro atoms. The lowest BCUT2D eigenvalue weighted by molar-refractivity contribution is -0.136. The fourth-order valence-electron chi connectivity index (χ4n) is 3.68.